The average Bonchev–Trinajstić information content (AvgIpc) is 2.25. The van der Waals surface area contributed by atoms with Crippen molar-refractivity contribution in [3.05, 3.63) is 35.9 Å². The van der Waals surface area contributed by atoms with E-state index in [9.17, 15) is 0 Å². The van der Waals surface area contributed by atoms with E-state index in [1.807, 2.05) is 44.4 Å². The van der Waals surface area contributed by atoms with E-state index in [2.05, 4.69) is 10.1 Å². The fourth-order valence-electron chi connectivity index (χ4n) is 1.08. The molecule has 1 aromatic carbocycles. The van der Waals surface area contributed by atoms with Gasteiger partial charge in [-0.2, -0.15) is 0 Å². The third-order valence-electron chi connectivity index (χ3n) is 1.89. The highest BCUT2D eigenvalue weighted by molar-refractivity contribution is 8.14. The van der Waals surface area contributed by atoms with Crippen LogP contribution in [-0.4, -0.2) is 41.5 Å². The Bertz CT molecular complexity index is 317. The van der Waals surface area contributed by atoms with Crippen LogP contribution in [0.4, 0.5) is 0 Å². The Labute approximate surface area is 107 Å². The van der Waals surface area contributed by atoms with E-state index < -0.39 is 0 Å². The molecule has 0 saturated carbocycles. The molecule has 0 unspecified atom stereocenters. The number of hydrogen-bond donors (Lipinski definition) is 1. The Morgan fingerprint density at radius 1 is 1.31 bits per heavy atom. The summed E-state index contributed by atoms with van der Waals surface area (Å²) >= 11 is 1.56. The summed E-state index contributed by atoms with van der Waals surface area (Å²) < 4.78 is 0. The molecular weight excluding hydrogens is 244 g/mol. The minimum atomic E-state index is 0. The van der Waals surface area contributed by atoms with E-state index >= 15 is 0 Å². The Morgan fingerprint density at radius 3 is 2.44 bits per heavy atom. The van der Waals surface area contributed by atoms with Crippen LogP contribution >= 0.6 is 24.2 Å². The highest BCUT2D eigenvalue weighted by Crippen LogP contribution is 2.13. The minimum Gasteiger partial charge on any atom is -0.410 e. The number of hydrogen-bond acceptors (Lipinski definition) is 4. The van der Waals surface area contributed by atoms with Crippen molar-refractivity contribution in [2.75, 3.05) is 26.4 Å². The van der Waals surface area contributed by atoms with Crippen LogP contribution in [0, 0.1) is 0 Å². The molecule has 16 heavy (non-hydrogen) atoms. The van der Waals surface area contributed by atoms with Gasteiger partial charge in [0.25, 0.3) is 0 Å². The number of halogens is 1. The number of benzene rings is 1. The van der Waals surface area contributed by atoms with Gasteiger partial charge in [0.1, 0.15) is 5.04 Å². The van der Waals surface area contributed by atoms with Crippen LogP contribution in [0.5, 0.6) is 0 Å². The van der Waals surface area contributed by atoms with Gasteiger partial charge in [0.15, 0.2) is 0 Å². The van der Waals surface area contributed by atoms with Gasteiger partial charge in [-0.3, -0.25) is 0 Å². The number of oxime groups is 1. The van der Waals surface area contributed by atoms with Crippen molar-refractivity contribution in [3.8, 4) is 0 Å². The molecule has 5 heteroatoms. The van der Waals surface area contributed by atoms with Crippen molar-refractivity contribution >= 4 is 29.2 Å². The first-order chi connectivity index (χ1) is 7.24. The molecule has 3 nitrogen and oxygen atoms in total. The van der Waals surface area contributed by atoms with Gasteiger partial charge in [-0.05, 0) is 14.1 Å². The smallest absolute Gasteiger partial charge is 0.143 e. The first kappa shape index (κ1) is 15.3. The number of thioether (sulfide) groups is 1. The van der Waals surface area contributed by atoms with E-state index in [4.69, 9.17) is 5.21 Å². The highest BCUT2D eigenvalue weighted by Gasteiger charge is 2.04. The van der Waals surface area contributed by atoms with E-state index in [1.54, 1.807) is 11.8 Å². The second-order valence-corrected chi connectivity index (χ2v) is 4.51. The zero-order valence-electron chi connectivity index (χ0n) is 9.46. The predicted octanol–water partition coefficient (Wildman–Crippen LogP) is 2.54. The summed E-state index contributed by atoms with van der Waals surface area (Å²) in [5, 5.41) is 12.9. The Kier molecular flexibility index (Phi) is 8.07. The van der Waals surface area contributed by atoms with Gasteiger partial charge in [-0.25, -0.2) is 0 Å². The topological polar surface area (TPSA) is 35.8 Å². The Morgan fingerprint density at radius 2 is 1.94 bits per heavy atom. The summed E-state index contributed by atoms with van der Waals surface area (Å²) in [4.78, 5) is 2.10. The average molecular weight is 261 g/mol. The fourth-order valence-corrected chi connectivity index (χ4v) is 2.09. The molecule has 0 aromatic heterocycles. The molecule has 0 radical (unpaired) electrons. The molecule has 0 fully saturated rings. The lowest BCUT2D eigenvalue weighted by Crippen LogP contribution is -2.15. The normalized spacial score (nSPS) is 11.3. The maximum Gasteiger partial charge on any atom is 0.143 e. The van der Waals surface area contributed by atoms with Gasteiger partial charge >= 0.3 is 0 Å². The van der Waals surface area contributed by atoms with Gasteiger partial charge in [0.2, 0.25) is 0 Å². The van der Waals surface area contributed by atoms with Crippen LogP contribution < -0.4 is 0 Å². The summed E-state index contributed by atoms with van der Waals surface area (Å²) in [7, 11) is 4.05. The number of rotatable bonds is 4. The lowest BCUT2D eigenvalue weighted by molar-refractivity contribution is 0.321. The molecule has 1 rings (SSSR count). The molecule has 1 N–H and O–H groups in total. The van der Waals surface area contributed by atoms with E-state index in [1.165, 1.54) is 0 Å². The maximum atomic E-state index is 8.90. The largest absolute Gasteiger partial charge is 0.410 e. The molecule has 0 aliphatic rings. The van der Waals surface area contributed by atoms with Crippen LogP contribution in [0.2, 0.25) is 0 Å². The third kappa shape index (κ3) is 5.39. The second kappa shape index (κ2) is 8.44. The lowest BCUT2D eigenvalue weighted by Gasteiger charge is -2.09. The summed E-state index contributed by atoms with van der Waals surface area (Å²) in [6.07, 6.45) is 0. The number of nitrogens with zero attached hydrogens (tertiary/aromatic N) is 2. The second-order valence-electron chi connectivity index (χ2n) is 3.42. The van der Waals surface area contributed by atoms with Crippen molar-refractivity contribution in [3.63, 3.8) is 0 Å². The zero-order valence-corrected chi connectivity index (χ0v) is 11.1. The standard InChI is InChI=1S/C11H16N2OS.ClH/c1-13(2)8-9-15-11(12-14)10-6-4-3-5-7-10;/h3-7,14H,8-9H2,1-2H3;1H. The van der Waals surface area contributed by atoms with Crippen molar-refractivity contribution in [1.82, 2.24) is 4.90 Å². The summed E-state index contributed by atoms with van der Waals surface area (Å²) in [6.45, 7) is 0.969. The Hall–Kier alpha value is -0.710. The molecule has 0 heterocycles. The molecule has 90 valence electrons. The summed E-state index contributed by atoms with van der Waals surface area (Å²) in [5.41, 5.74) is 0.962. The summed E-state index contributed by atoms with van der Waals surface area (Å²) in [6, 6.07) is 9.71. The molecule has 0 aliphatic heterocycles. The third-order valence-corrected chi connectivity index (χ3v) is 2.87. The molecule has 1 aromatic rings. The highest BCUT2D eigenvalue weighted by atomic mass is 35.5. The van der Waals surface area contributed by atoms with Gasteiger partial charge in [0, 0.05) is 17.9 Å². The van der Waals surface area contributed by atoms with Gasteiger partial charge in [-0.15, -0.1) is 24.2 Å². The van der Waals surface area contributed by atoms with Crippen LogP contribution in [0.3, 0.4) is 0 Å². The SMILES string of the molecule is CN(C)CCSC(=NO)c1ccccc1.Cl. The van der Waals surface area contributed by atoms with Crippen molar-refractivity contribution < 1.29 is 5.21 Å². The van der Waals surface area contributed by atoms with Crippen molar-refractivity contribution in [2.24, 2.45) is 5.16 Å². The van der Waals surface area contributed by atoms with Crippen LogP contribution in [0.15, 0.2) is 35.5 Å². The zero-order chi connectivity index (χ0) is 11.1. The molecule has 0 amide bonds. The monoisotopic (exact) mass is 260 g/mol. The van der Waals surface area contributed by atoms with Crippen molar-refractivity contribution in [1.29, 1.82) is 0 Å². The van der Waals surface area contributed by atoms with E-state index in [0.717, 1.165) is 17.9 Å². The Balaban J connectivity index is 0.00000225. The molecule has 0 aliphatic carbocycles. The van der Waals surface area contributed by atoms with E-state index in [0.29, 0.717) is 5.04 Å². The molecular formula is C11H17ClN2OS. The molecule has 0 bridgehead atoms. The predicted molar refractivity (Wildman–Crippen MR) is 73.0 cm³/mol. The fraction of sp³-hybridized carbons (Fsp3) is 0.364. The quantitative estimate of drug-likeness (QED) is 0.391. The summed E-state index contributed by atoms with van der Waals surface area (Å²) in [5.74, 6) is 0.918. The van der Waals surface area contributed by atoms with Crippen molar-refractivity contribution in [2.45, 2.75) is 0 Å². The molecule has 0 spiro atoms. The molecule has 0 saturated heterocycles. The van der Waals surface area contributed by atoms with Crippen LogP contribution in [-0.2, 0) is 0 Å². The van der Waals surface area contributed by atoms with E-state index in [-0.39, 0.29) is 12.4 Å². The molecule has 0 atom stereocenters. The lowest BCUT2D eigenvalue weighted by atomic mass is 10.2. The van der Waals surface area contributed by atoms with Gasteiger partial charge in [0.05, 0.1) is 0 Å². The first-order valence-corrected chi connectivity index (χ1v) is 5.77. The maximum absolute atomic E-state index is 8.90. The minimum absolute atomic E-state index is 0. The van der Waals surface area contributed by atoms with Gasteiger partial charge < -0.3 is 10.1 Å². The first-order valence-electron chi connectivity index (χ1n) is 4.79. The van der Waals surface area contributed by atoms with Gasteiger partial charge in [-0.1, -0.05) is 35.5 Å². The van der Waals surface area contributed by atoms with Crippen LogP contribution in [0.1, 0.15) is 5.56 Å². The van der Waals surface area contributed by atoms with Crippen LogP contribution in [0.25, 0.3) is 0 Å².